The molecule has 1 aliphatic rings. The minimum Gasteiger partial charge on any atom is -0.384 e. The SMILES string of the molecule is C/C=C/[C@H]1C=C[C@H](c2cccc3ccccc23)O[Si](C(C)C)(C(C)C)O1. The molecule has 0 spiro atoms. The lowest BCUT2D eigenvalue weighted by molar-refractivity contribution is 0.127. The third-order valence-electron chi connectivity index (χ3n) is 5.23. The molecule has 2 aromatic rings. The van der Waals surface area contributed by atoms with Crippen molar-refractivity contribution in [3.8, 4) is 0 Å². The van der Waals surface area contributed by atoms with Crippen LogP contribution in [0.4, 0.5) is 0 Å². The molecule has 3 heteroatoms. The summed E-state index contributed by atoms with van der Waals surface area (Å²) in [5.41, 5.74) is 1.96. The Balaban J connectivity index is 2.12. The summed E-state index contributed by atoms with van der Waals surface area (Å²) in [6.45, 7) is 11.0. The lowest BCUT2D eigenvalue weighted by atomic mass is 10.00. The zero-order chi connectivity index (χ0) is 18.7. The van der Waals surface area contributed by atoms with E-state index >= 15 is 0 Å². The molecule has 0 amide bonds. The minimum absolute atomic E-state index is 0.0172. The van der Waals surface area contributed by atoms with Crippen LogP contribution in [0.2, 0.25) is 11.1 Å². The standard InChI is InChI=1S/C23H30O2Si/c1-6-10-20-15-16-23(25-26(24-20,17(2)3)18(4)5)22-14-9-12-19-11-7-8-13-21(19)22/h6-18,20,23H,1-5H3/b10-6+/t20-,23+/m0/s1. The van der Waals surface area contributed by atoms with Crippen molar-refractivity contribution >= 4 is 19.3 Å². The molecule has 0 N–H and O–H groups in total. The van der Waals surface area contributed by atoms with Crippen LogP contribution in [0.25, 0.3) is 10.8 Å². The molecule has 0 saturated carbocycles. The van der Waals surface area contributed by atoms with E-state index in [-0.39, 0.29) is 12.2 Å². The number of hydrogen-bond donors (Lipinski definition) is 0. The highest BCUT2D eigenvalue weighted by Gasteiger charge is 2.48. The Labute approximate surface area is 158 Å². The smallest absolute Gasteiger partial charge is 0.344 e. The van der Waals surface area contributed by atoms with Gasteiger partial charge in [0.1, 0.15) is 0 Å². The predicted molar refractivity (Wildman–Crippen MR) is 113 cm³/mol. The average Bonchev–Trinajstić information content (AvgIpc) is 2.82. The minimum atomic E-state index is -2.44. The van der Waals surface area contributed by atoms with E-state index in [0.29, 0.717) is 11.1 Å². The van der Waals surface area contributed by atoms with Gasteiger partial charge in [0, 0.05) is 0 Å². The summed E-state index contributed by atoms with van der Waals surface area (Å²) in [4.78, 5) is 0. The van der Waals surface area contributed by atoms with Crippen LogP contribution in [0.5, 0.6) is 0 Å². The van der Waals surface area contributed by atoms with Crippen LogP contribution >= 0.6 is 0 Å². The second-order valence-electron chi connectivity index (χ2n) is 7.63. The number of fused-ring (bicyclic) bond motifs is 1. The summed E-state index contributed by atoms with van der Waals surface area (Å²) in [5.74, 6) is 0. The van der Waals surface area contributed by atoms with E-state index in [1.165, 1.54) is 16.3 Å². The van der Waals surface area contributed by atoms with E-state index in [9.17, 15) is 0 Å². The van der Waals surface area contributed by atoms with Crippen LogP contribution in [0.15, 0.2) is 66.8 Å². The normalized spacial score (nSPS) is 23.2. The van der Waals surface area contributed by atoms with Gasteiger partial charge in [0.15, 0.2) is 0 Å². The van der Waals surface area contributed by atoms with Crippen LogP contribution < -0.4 is 0 Å². The largest absolute Gasteiger partial charge is 0.384 e. The van der Waals surface area contributed by atoms with Gasteiger partial charge in [0.25, 0.3) is 0 Å². The molecule has 26 heavy (non-hydrogen) atoms. The van der Waals surface area contributed by atoms with Crippen molar-refractivity contribution < 1.29 is 8.85 Å². The first-order valence-corrected chi connectivity index (χ1v) is 11.6. The van der Waals surface area contributed by atoms with Gasteiger partial charge in [-0.25, -0.2) is 0 Å². The van der Waals surface area contributed by atoms with Crippen molar-refractivity contribution in [1.82, 2.24) is 0 Å². The highest BCUT2D eigenvalue weighted by molar-refractivity contribution is 6.70. The molecule has 3 rings (SSSR count). The van der Waals surface area contributed by atoms with Gasteiger partial charge >= 0.3 is 8.56 Å². The van der Waals surface area contributed by atoms with Crippen LogP contribution in [0, 0.1) is 0 Å². The van der Waals surface area contributed by atoms with E-state index in [2.05, 4.69) is 94.5 Å². The molecule has 0 fully saturated rings. The summed E-state index contributed by atoms with van der Waals surface area (Å²) >= 11 is 0. The fourth-order valence-corrected chi connectivity index (χ4v) is 7.56. The summed E-state index contributed by atoms with van der Waals surface area (Å²) in [5, 5.41) is 2.50. The number of allylic oxidation sites excluding steroid dienone is 1. The van der Waals surface area contributed by atoms with Crippen LogP contribution in [-0.4, -0.2) is 14.7 Å². The maximum atomic E-state index is 6.89. The van der Waals surface area contributed by atoms with Gasteiger partial charge < -0.3 is 8.85 Å². The third-order valence-corrected chi connectivity index (χ3v) is 9.71. The summed E-state index contributed by atoms with van der Waals surface area (Å²) in [6.07, 6.45) is 8.44. The van der Waals surface area contributed by atoms with Crippen molar-refractivity contribution in [3.05, 3.63) is 72.3 Å². The Morgan fingerprint density at radius 3 is 2.27 bits per heavy atom. The molecule has 2 aromatic carbocycles. The molecule has 1 aliphatic heterocycles. The van der Waals surface area contributed by atoms with Crippen molar-refractivity contribution in [1.29, 1.82) is 0 Å². The van der Waals surface area contributed by atoms with Crippen molar-refractivity contribution in [2.45, 2.75) is 57.9 Å². The topological polar surface area (TPSA) is 18.5 Å². The molecule has 0 unspecified atom stereocenters. The Kier molecular flexibility index (Phi) is 5.81. The average molecular weight is 367 g/mol. The predicted octanol–water partition coefficient (Wildman–Crippen LogP) is 6.69. The maximum absolute atomic E-state index is 6.89. The van der Waals surface area contributed by atoms with Gasteiger partial charge in [-0.3, -0.25) is 0 Å². The van der Waals surface area contributed by atoms with Gasteiger partial charge in [-0.1, -0.05) is 94.5 Å². The Morgan fingerprint density at radius 2 is 1.58 bits per heavy atom. The highest BCUT2D eigenvalue weighted by Crippen LogP contribution is 2.42. The van der Waals surface area contributed by atoms with Gasteiger partial charge in [-0.15, -0.1) is 0 Å². The van der Waals surface area contributed by atoms with Crippen LogP contribution in [-0.2, 0) is 8.85 Å². The molecule has 1 heterocycles. The van der Waals surface area contributed by atoms with E-state index in [4.69, 9.17) is 8.85 Å². The molecule has 2 atom stereocenters. The van der Waals surface area contributed by atoms with Gasteiger partial charge in [0.05, 0.1) is 12.2 Å². The summed E-state index contributed by atoms with van der Waals surface area (Å²) in [6, 6.07) is 15.0. The Hall–Kier alpha value is -1.68. The molecule has 0 saturated heterocycles. The van der Waals surface area contributed by atoms with Crippen molar-refractivity contribution in [2.75, 3.05) is 0 Å². The molecular formula is C23H30O2Si. The Morgan fingerprint density at radius 1 is 0.885 bits per heavy atom. The Bertz CT molecular complexity index is 793. The summed E-state index contributed by atoms with van der Waals surface area (Å²) in [7, 11) is -2.44. The molecule has 0 radical (unpaired) electrons. The van der Waals surface area contributed by atoms with Crippen LogP contribution in [0.1, 0.15) is 46.3 Å². The fraction of sp³-hybridized carbons (Fsp3) is 0.391. The molecule has 0 bridgehead atoms. The number of benzene rings is 2. The molecular weight excluding hydrogens is 336 g/mol. The number of rotatable bonds is 4. The lowest BCUT2D eigenvalue weighted by Crippen LogP contribution is -2.49. The quantitative estimate of drug-likeness (QED) is 0.443. The van der Waals surface area contributed by atoms with Crippen molar-refractivity contribution in [3.63, 3.8) is 0 Å². The van der Waals surface area contributed by atoms with Gasteiger partial charge in [-0.2, -0.15) is 0 Å². The van der Waals surface area contributed by atoms with Gasteiger partial charge in [-0.05, 0) is 34.3 Å². The third kappa shape index (κ3) is 3.57. The first-order valence-electron chi connectivity index (χ1n) is 9.62. The second-order valence-corrected chi connectivity index (χ2v) is 11.9. The molecule has 2 nitrogen and oxygen atoms in total. The zero-order valence-corrected chi connectivity index (χ0v) is 17.5. The van der Waals surface area contributed by atoms with E-state index in [1.54, 1.807) is 0 Å². The molecule has 138 valence electrons. The van der Waals surface area contributed by atoms with Gasteiger partial charge in [0.2, 0.25) is 0 Å². The number of hydrogen-bond acceptors (Lipinski definition) is 2. The lowest BCUT2D eigenvalue weighted by Gasteiger charge is -2.39. The first-order chi connectivity index (χ1) is 12.5. The zero-order valence-electron chi connectivity index (χ0n) is 16.5. The molecule has 0 aliphatic carbocycles. The van der Waals surface area contributed by atoms with E-state index < -0.39 is 8.56 Å². The highest BCUT2D eigenvalue weighted by atomic mass is 28.4. The fourth-order valence-electron chi connectivity index (χ4n) is 3.90. The first kappa shape index (κ1) is 19.1. The second kappa shape index (κ2) is 7.91. The van der Waals surface area contributed by atoms with E-state index in [0.717, 1.165) is 0 Å². The van der Waals surface area contributed by atoms with Crippen LogP contribution in [0.3, 0.4) is 0 Å². The maximum Gasteiger partial charge on any atom is 0.344 e. The monoisotopic (exact) mass is 366 g/mol. The molecule has 0 aromatic heterocycles. The summed E-state index contributed by atoms with van der Waals surface area (Å²) < 4.78 is 13.6. The van der Waals surface area contributed by atoms with E-state index in [1.807, 2.05) is 6.92 Å². The van der Waals surface area contributed by atoms with Crippen molar-refractivity contribution in [2.24, 2.45) is 0 Å².